The molecular weight excluding hydrogens is 1130 g/mol. The van der Waals surface area contributed by atoms with Gasteiger partial charge in [0, 0.05) is 56.8 Å². The summed E-state index contributed by atoms with van der Waals surface area (Å²) in [5.74, 6) is -1.61. The minimum atomic E-state index is -1.82. The van der Waals surface area contributed by atoms with Crippen molar-refractivity contribution in [3.8, 4) is 0 Å². The molecule has 2 saturated heterocycles. The maximum atomic E-state index is 12.5. The van der Waals surface area contributed by atoms with E-state index in [9.17, 15) is 75.7 Å². The highest BCUT2D eigenvalue weighted by atomic mass is 16.7. The first-order valence-corrected chi connectivity index (χ1v) is 28.1. The van der Waals surface area contributed by atoms with Gasteiger partial charge in [0.15, 0.2) is 18.9 Å². The molecule has 2 rings (SSSR count). The maximum absolute atomic E-state index is 12.5. The molecule has 16 N–H and O–H groups in total. The van der Waals surface area contributed by atoms with Crippen molar-refractivity contribution in [3.63, 3.8) is 0 Å². The van der Waals surface area contributed by atoms with Gasteiger partial charge in [-0.25, -0.2) is 0 Å². The molecule has 84 heavy (non-hydrogen) atoms. The van der Waals surface area contributed by atoms with E-state index in [1.54, 1.807) is 0 Å². The Morgan fingerprint density at radius 2 is 0.762 bits per heavy atom. The lowest BCUT2D eigenvalue weighted by molar-refractivity contribution is -0.302. The largest absolute Gasteiger partial charge is 0.396 e. The van der Waals surface area contributed by atoms with E-state index in [4.69, 9.17) is 71.4 Å². The zero-order valence-electron chi connectivity index (χ0n) is 48.1. The van der Waals surface area contributed by atoms with Crippen molar-refractivity contribution in [1.29, 1.82) is 0 Å². The van der Waals surface area contributed by atoms with Crippen LogP contribution in [0, 0.1) is 11.3 Å². The fourth-order valence-electron chi connectivity index (χ4n) is 7.59. The topological polar surface area (TPSA) is 480 Å². The second-order valence-electron chi connectivity index (χ2n) is 20.0. The Hall–Kier alpha value is -2.67. The van der Waals surface area contributed by atoms with Crippen LogP contribution >= 0.6 is 0 Å². The van der Waals surface area contributed by atoms with E-state index < -0.39 is 117 Å². The molecular formula is C51H97N3O30. The van der Waals surface area contributed by atoms with Gasteiger partial charge in [-0.05, 0) is 0 Å². The molecule has 0 aliphatic carbocycles. The van der Waals surface area contributed by atoms with Gasteiger partial charge in [0.2, 0.25) is 17.7 Å². The van der Waals surface area contributed by atoms with Crippen LogP contribution in [0.4, 0.5) is 0 Å². The van der Waals surface area contributed by atoms with E-state index in [0.29, 0.717) is 0 Å². The molecule has 0 bridgehead atoms. The molecule has 0 saturated carbocycles. The summed E-state index contributed by atoms with van der Waals surface area (Å²) < 4.78 is 76.4. The normalized spacial score (nSPS) is 25.3. The number of hydrogen-bond donors (Lipinski definition) is 16. The Kier molecular flexibility index (Phi) is 42.8. The lowest BCUT2D eigenvalue weighted by atomic mass is 9.94. The van der Waals surface area contributed by atoms with Crippen molar-refractivity contribution >= 4 is 17.7 Å². The van der Waals surface area contributed by atoms with Crippen molar-refractivity contribution in [2.45, 2.75) is 119 Å². The predicted molar refractivity (Wildman–Crippen MR) is 284 cm³/mol. The number of carbonyl (C=O) groups is 3. The van der Waals surface area contributed by atoms with E-state index in [0.717, 1.165) is 0 Å². The van der Waals surface area contributed by atoms with Gasteiger partial charge in [0.25, 0.3) is 0 Å². The smallest absolute Gasteiger partial charge is 0.222 e. The van der Waals surface area contributed by atoms with E-state index in [1.807, 2.05) is 6.92 Å². The molecule has 0 aromatic heterocycles. The van der Waals surface area contributed by atoms with Gasteiger partial charge < -0.3 is 149 Å². The van der Waals surface area contributed by atoms with Crippen LogP contribution in [0.3, 0.4) is 0 Å². The van der Waals surface area contributed by atoms with E-state index >= 15 is 0 Å². The van der Waals surface area contributed by atoms with Crippen LogP contribution in [-0.4, -0.2) is 348 Å². The van der Waals surface area contributed by atoms with Crippen LogP contribution in [0.2, 0.25) is 0 Å². The Bertz CT molecular complexity index is 1590. The van der Waals surface area contributed by atoms with E-state index in [1.165, 1.54) is 6.92 Å². The van der Waals surface area contributed by atoms with Crippen LogP contribution in [0.15, 0.2) is 0 Å². The van der Waals surface area contributed by atoms with Crippen LogP contribution < -0.4 is 16.0 Å². The molecule has 0 spiro atoms. The molecule has 33 nitrogen and oxygen atoms in total. The van der Waals surface area contributed by atoms with E-state index in [2.05, 4.69) is 16.0 Å². The minimum absolute atomic E-state index is 0.0133. The lowest BCUT2D eigenvalue weighted by Crippen LogP contribution is -2.59. The van der Waals surface area contributed by atoms with Gasteiger partial charge in [-0.2, -0.15) is 0 Å². The molecule has 33 heteroatoms. The van der Waals surface area contributed by atoms with Crippen LogP contribution in [-0.2, 0) is 80.7 Å². The number of ether oxygens (including phenoxy) is 14. The van der Waals surface area contributed by atoms with Crippen molar-refractivity contribution in [2.75, 3.05) is 178 Å². The number of rotatable bonds is 52. The third kappa shape index (κ3) is 32.5. The van der Waals surface area contributed by atoms with Crippen molar-refractivity contribution in [1.82, 2.24) is 16.0 Å². The van der Waals surface area contributed by atoms with Gasteiger partial charge in [-0.15, -0.1) is 0 Å². The Balaban J connectivity index is 1.64. The fourth-order valence-corrected chi connectivity index (χ4v) is 7.59. The van der Waals surface area contributed by atoms with Crippen molar-refractivity contribution in [2.24, 2.45) is 11.3 Å². The van der Waals surface area contributed by atoms with Crippen LogP contribution in [0.5, 0.6) is 0 Å². The predicted octanol–water partition coefficient (Wildman–Crippen LogP) is -8.66. The summed E-state index contributed by atoms with van der Waals surface area (Å²) >= 11 is 0. The lowest BCUT2D eigenvalue weighted by Gasteiger charge is -2.39. The first-order valence-electron chi connectivity index (χ1n) is 28.1. The summed E-state index contributed by atoms with van der Waals surface area (Å²) in [5, 5.41) is 135. The molecule has 15 atom stereocenters. The molecule has 2 fully saturated rings. The average Bonchev–Trinajstić information content (AvgIpc) is 3.57. The number of aliphatic hydroxyl groups is 13. The van der Waals surface area contributed by atoms with Gasteiger partial charge in [0.1, 0.15) is 61.0 Å². The quantitative estimate of drug-likeness (QED) is 0.0199. The van der Waals surface area contributed by atoms with Gasteiger partial charge >= 0.3 is 0 Å². The molecule has 2 aliphatic rings. The van der Waals surface area contributed by atoms with Gasteiger partial charge in [-0.3, -0.25) is 14.4 Å². The second kappa shape index (κ2) is 46.4. The number of aliphatic hydroxyl groups excluding tert-OH is 13. The molecule has 2 aliphatic heterocycles. The highest BCUT2D eigenvalue weighted by molar-refractivity contribution is 5.76. The number of hydrogen-bond acceptors (Lipinski definition) is 30. The molecule has 2 heterocycles. The van der Waals surface area contributed by atoms with Crippen LogP contribution in [0.1, 0.15) is 33.1 Å². The molecule has 0 aromatic carbocycles. The SMILES string of the molecule is CC(CO)C(O)C(O)C(O)C(O)OCCOCCOCCNC(=O)CCOCC(C)(COCCC(=O)NCCOCCOCCOC1OC(CO)C(O)C(O)C1O)COCCC(=O)NCCOCCOCCOC1OC(CO)C(O)C(O)C1O. The van der Waals surface area contributed by atoms with Gasteiger partial charge in [0.05, 0.1) is 158 Å². The summed E-state index contributed by atoms with van der Waals surface area (Å²) in [6, 6.07) is 0. The number of amides is 3. The first-order chi connectivity index (χ1) is 40.3. The maximum Gasteiger partial charge on any atom is 0.222 e. The van der Waals surface area contributed by atoms with Gasteiger partial charge in [-0.1, -0.05) is 13.8 Å². The molecule has 3 amide bonds. The Morgan fingerprint density at radius 1 is 0.429 bits per heavy atom. The highest BCUT2D eigenvalue weighted by Gasteiger charge is 2.45. The second-order valence-corrected chi connectivity index (χ2v) is 20.0. The highest BCUT2D eigenvalue weighted by Crippen LogP contribution is 2.24. The summed E-state index contributed by atoms with van der Waals surface area (Å²) in [6.07, 6.45) is -20.6. The third-order valence-corrected chi connectivity index (χ3v) is 12.7. The summed E-state index contributed by atoms with van der Waals surface area (Å²) in [6.45, 7) is 4.55. The number of carbonyl (C=O) groups excluding carboxylic acids is 3. The molecule has 0 radical (unpaired) electrons. The monoisotopic (exact) mass is 1230 g/mol. The number of nitrogens with one attached hydrogen (secondary N) is 3. The fraction of sp³-hybridized carbons (Fsp3) is 0.941. The summed E-state index contributed by atoms with van der Waals surface area (Å²) in [5.41, 5.74) is -0.762. The standard InChI is InChI=1S/C51H97N3O30/c1-33(27-55)39(61)42(64)45(67)48(70)80-24-21-74-18-15-71-12-6-52-36(58)3-9-77-30-51(2,31-78-10-4-37(59)53-7-13-72-16-19-75-22-25-81-49-46(68)43(65)40(62)34(28-56)83-49)32-79-11-5-38(60)54-8-14-73-17-20-76-23-26-82-50-47(69)44(66)41(63)35(29-57)84-50/h33-35,39-50,55-57,61-70H,3-32H2,1-2H3,(H,52,58)(H,53,59)(H,54,60). The van der Waals surface area contributed by atoms with Crippen LogP contribution in [0.25, 0.3) is 0 Å². The Morgan fingerprint density at radius 3 is 1.11 bits per heavy atom. The first kappa shape index (κ1) is 77.4. The molecule has 0 aromatic rings. The zero-order valence-corrected chi connectivity index (χ0v) is 48.1. The Labute approximate surface area is 488 Å². The van der Waals surface area contributed by atoms with E-state index in [-0.39, 0.29) is 195 Å². The average molecular weight is 1230 g/mol. The zero-order chi connectivity index (χ0) is 62.1. The third-order valence-electron chi connectivity index (χ3n) is 12.7. The summed E-state index contributed by atoms with van der Waals surface area (Å²) in [4.78, 5) is 37.5. The van der Waals surface area contributed by atoms with Crippen molar-refractivity contribution < 1.29 is 147 Å². The molecule has 496 valence electrons. The summed E-state index contributed by atoms with van der Waals surface area (Å²) in [7, 11) is 0. The van der Waals surface area contributed by atoms with Crippen molar-refractivity contribution in [3.05, 3.63) is 0 Å². The molecule has 15 unspecified atom stereocenters. The minimum Gasteiger partial charge on any atom is -0.396 e.